The maximum atomic E-state index is 11.2. The Hall–Kier alpha value is -1.20. The molecule has 5 heteroatoms. The predicted molar refractivity (Wildman–Crippen MR) is 76.4 cm³/mol. The van der Waals surface area contributed by atoms with E-state index in [-0.39, 0.29) is 5.69 Å². The lowest BCUT2D eigenvalue weighted by atomic mass is 9.98. The Morgan fingerprint density at radius 3 is 2.33 bits per heavy atom. The highest BCUT2D eigenvalue weighted by molar-refractivity contribution is 9.11. The van der Waals surface area contributed by atoms with E-state index in [0.29, 0.717) is 8.79 Å². The van der Waals surface area contributed by atoms with Crippen LogP contribution in [0.4, 0.5) is 0 Å². The fraction of sp³-hybridized carbons (Fsp3) is 0.231. The highest BCUT2D eigenvalue weighted by Gasteiger charge is 2.20. The molecular formula is C13H12BrNO2S. The molecule has 0 radical (unpaired) electrons. The van der Waals surface area contributed by atoms with Gasteiger partial charge in [-0.2, -0.15) is 0 Å². The summed E-state index contributed by atoms with van der Waals surface area (Å²) in [6.45, 7) is 6.02. The van der Waals surface area contributed by atoms with Crippen molar-refractivity contribution in [1.29, 1.82) is 0 Å². The number of rotatable bonds is 2. The Morgan fingerprint density at radius 1 is 1.28 bits per heavy atom. The van der Waals surface area contributed by atoms with Gasteiger partial charge in [-0.3, -0.25) is 0 Å². The monoisotopic (exact) mass is 325 g/mol. The smallest absolute Gasteiger partial charge is 0.356 e. The van der Waals surface area contributed by atoms with Crippen molar-refractivity contribution >= 4 is 33.2 Å². The standard InChI is InChI=1S/C13H12BrNO2S/c1-6-4-7(2)9(8(3)5-6)11-10(12(16)17)15-13(14)18-11/h4-5H,1-3H3,(H,16,17). The van der Waals surface area contributed by atoms with E-state index in [1.807, 2.05) is 20.8 Å². The van der Waals surface area contributed by atoms with Crippen LogP contribution in [0.15, 0.2) is 16.0 Å². The van der Waals surface area contributed by atoms with Crippen LogP contribution in [0.2, 0.25) is 0 Å². The minimum atomic E-state index is -0.994. The van der Waals surface area contributed by atoms with Crippen molar-refractivity contribution in [2.45, 2.75) is 20.8 Å². The Bertz CT molecular complexity index is 611. The van der Waals surface area contributed by atoms with Crippen LogP contribution in [0, 0.1) is 20.8 Å². The zero-order valence-electron chi connectivity index (χ0n) is 10.2. The summed E-state index contributed by atoms with van der Waals surface area (Å²) in [5.41, 5.74) is 4.41. The molecule has 0 atom stereocenters. The number of aromatic nitrogens is 1. The molecule has 1 aromatic carbocycles. The first-order chi connectivity index (χ1) is 8.40. The first kappa shape index (κ1) is 13.2. The molecule has 0 unspecified atom stereocenters. The SMILES string of the molecule is Cc1cc(C)c(-c2sc(Br)nc2C(=O)O)c(C)c1. The fourth-order valence-electron chi connectivity index (χ4n) is 2.15. The number of carboxylic acid groups (broad SMARTS) is 1. The molecule has 0 saturated heterocycles. The number of aromatic carboxylic acids is 1. The summed E-state index contributed by atoms with van der Waals surface area (Å²) < 4.78 is 0.592. The maximum absolute atomic E-state index is 11.2. The molecule has 0 aliphatic heterocycles. The van der Waals surface area contributed by atoms with Crippen LogP contribution in [0.1, 0.15) is 27.2 Å². The second-order valence-corrected chi connectivity index (χ2v) is 6.50. The number of carbonyl (C=O) groups is 1. The Labute approximate surface area is 118 Å². The zero-order chi connectivity index (χ0) is 13.4. The summed E-state index contributed by atoms with van der Waals surface area (Å²) >= 11 is 4.61. The normalized spacial score (nSPS) is 10.7. The third kappa shape index (κ3) is 2.33. The molecule has 0 bridgehead atoms. The molecule has 3 nitrogen and oxygen atoms in total. The van der Waals surface area contributed by atoms with Crippen LogP contribution in [0.25, 0.3) is 10.4 Å². The van der Waals surface area contributed by atoms with Gasteiger partial charge >= 0.3 is 5.97 Å². The topological polar surface area (TPSA) is 50.2 Å². The number of aryl methyl sites for hydroxylation is 3. The van der Waals surface area contributed by atoms with E-state index in [0.717, 1.165) is 16.7 Å². The number of carboxylic acids is 1. The molecular weight excluding hydrogens is 314 g/mol. The number of benzene rings is 1. The average molecular weight is 326 g/mol. The van der Waals surface area contributed by atoms with Crippen molar-refractivity contribution in [3.8, 4) is 10.4 Å². The number of thiazole rings is 1. The quantitative estimate of drug-likeness (QED) is 0.900. The third-order valence-corrected chi connectivity index (χ3v) is 4.23. The van der Waals surface area contributed by atoms with Gasteiger partial charge in [-0.15, -0.1) is 11.3 Å². The van der Waals surface area contributed by atoms with E-state index in [9.17, 15) is 9.90 Å². The van der Waals surface area contributed by atoms with Gasteiger partial charge in [-0.05, 0) is 47.8 Å². The molecule has 0 aliphatic rings. The number of nitrogens with zero attached hydrogens (tertiary/aromatic N) is 1. The highest BCUT2D eigenvalue weighted by Crippen LogP contribution is 2.37. The second kappa shape index (κ2) is 4.82. The van der Waals surface area contributed by atoms with Crippen LogP contribution in [-0.4, -0.2) is 16.1 Å². The van der Waals surface area contributed by atoms with E-state index in [1.165, 1.54) is 16.9 Å². The van der Waals surface area contributed by atoms with E-state index in [4.69, 9.17) is 0 Å². The van der Waals surface area contributed by atoms with E-state index < -0.39 is 5.97 Å². The predicted octanol–water partition coefficient (Wildman–Crippen LogP) is 4.20. The Kier molecular flexibility index (Phi) is 3.54. The molecule has 0 aliphatic carbocycles. The molecule has 1 N–H and O–H groups in total. The van der Waals surface area contributed by atoms with Crippen molar-refractivity contribution in [3.05, 3.63) is 38.4 Å². The molecule has 0 saturated carbocycles. The van der Waals surface area contributed by atoms with E-state index >= 15 is 0 Å². The van der Waals surface area contributed by atoms with Gasteiger partial charge in [0.2, 0.25) is 0 Å². The summed E-state index contributed by atoms with van der Waals surface area (Å²) in [6, 6.07) is 4.11. The summed E-state index contributed by atoms with van der Waals surface area (Å²) in [4.78, 5) is 16.0. The van der Waals surface area contributed by atoms with Gasteiger partial charge in [0, 0.05) is 5.56 Å². The minimum absolute atomic E-state index is 0.113. The molecule has 0 spiro atoms. The molecule has 2 aromatic rings. The van der Waals surface area contributed by atoms with E-state index in [1.54, 1.807) is 0 Å². The lowest BCUT2D eigenvalue weighted by Gasteiger charge is -2.09. The van der Waals surface area contributed by atoms with Gasteiger partial charge in [-0.1, -0.05) is 17.7 Å². The molecule has 1 heterocycles. The third-order valence-electron chi connectivity index (χ3n) is 2.71. The zero-order valence-corrected chi connectivity index (χ0v) is 12.6. The Morgan fingerprint density at radius 2 is 1.83 bits per heavy atom. The first-order valence-corrected chi connectivity index (χ1v) is 6.99. The fourth-order valence-corrected chi connectivity index (χ4v) is 3.77. The highest BCUT2D eigenvalue weighted by atomic mass is 79.9. The van der Waals surface area contributed by atoms with Gasteiger partial charge in [-0.25, -0.2) is 9.78 Å². The van der Waals surface area contributed by atoms with Crippen LogP contribution < -0.4 is 0 Å². The maximum Gasteiger partial charge on any atom is 0.356 e. The van der Waals surface area contributed by atoms with Gasteiger partial charge < -0.3 is 5.11 Å². The summed E-state index contributed by atoms with van der Waals surface area (Å²) in [6.07, 6.45) is 0. The van der Waals surface area contributed by atoms with Crippen LogP contribution >= 0.6 is 27.3 Å². The Balaban J connectivity index is 2.73. The second-order valence-electron chi connectivity index (χ2n) is 4.22. The van der Waals surface area contributed by atoms with Gasteiger partial charge in [0.05, 0.1) is 4.88 Å². The number of hydrogen-bond donors (Lipinski definition) is 1. The van der Waals surface area contributed by atoms with Crippen LogP contribution in [0.5, 0.6) is 0 Å². The summed E-state index contributed by atoms with van der Waals surface area (Å²) in [5.74, 6) is -0.994. The largest absolute Gasteiger partial charge is 0.476 e. The van der Waals surface area contributed by atoms with Crippen molar-refractivity contribution in [2.75, 3.05) is 0 Å². The van der Waals surface area contributed by atoms with Crippen LogP contribution in [-0.2, 0) is 0 Å². The van der Waals surface area contributed by atoms with Crippen molar-refractivity contribution in [3.63, 3.8) is 0 Å². The molecule has 0 amide bonds. The van der Waals surface area contributed by atoms with Gasteiger partial charge in [0.25, 0.3) is 0 Å². The van der Waals surface area contributed by atoms with Gasteiger partial charge in [0.15, 0.2) is 9.61 Å². The first-order valence-electron chi connectivity index (χ1n) is 5.38. The lowest BCUT2D eigenvalue weighted by Crippen LogP contribution is -2.00. The lowest BCUT2D eigenvalue weighted by molar-refractivity contribution is 0.0692. The summed E-state index contributed by atoms with van der Waals surface area (Å²) in [7, 11) is 0. The molecule has 94 valence electrons. The van der Waals surface area contributed by atoms with E-state index in [2.05, 4.69) is 33.0 Å². The van der Waals surface area contributed by atoms with Crippen LogP contribution in [0.3, 0.4) is 0 Å². The number of hydrogen-bond acceptors (Lipinski definition) is 3. The van der Waals surface area contributed by atoms with Gasteiger partial charge in [0.1, 0.15) is 0 Å². The molecule has 0 fully saturated rings. The number of halogens is 1. The van der Waals surface area contributed by atoms with Crippen molar-refractivity contribution in [2.24, 2.45) is 0 Å². The van der Waals surface area contributed by atoms with Crippen molar-refractivity contribution < 1.29 is 9.90 Å². The average Bonchev–Trinajstić information content (AvgIpc) is 2.58. The molecule has 18 heavy (non-hydrogen) atoms. The molecule has 2 rings (SSSR count). The van der Waals surface area contributed by atoms with Crippen molar-refractivity contribution in [1.82, 2.24) is 4.98 Å². The summed E-state index contributed by atoms with van der Waals surface area (Å²) in [5, 5.41) is 9.20. The minimum Gasteiger partial charge on any atom is -0.476 e. The molecule has 1 aromatic heterocycles.